The average molecular weight is 540 g/mol. The maximum Gasteiger partial charge on any atom is 0.253 e. The zero-order chi connectivity index (χ0) is 26.8. The molecule has 0 saturated carbocycles. The fraction of sp³-hybridized carbons (Fsp3) is 0.267. The van der Waals surface area contributed by atoms with Crippen LogP contribution in [0.25, 0.3) is 10.9 Å². The third-order valence-electron chi connectivity index (χ3n) is 7.47. The van der Waals surface area contributed by atoms with E-state index in [-0.39, 0.29) is 5.56 Å². The fourth-order valence-corrected chi connectivity index (χ4v) is 5.57. The van der Waals surface area contributed by atoms with Crippen LogP contribution in [0.5, 0.6) is 0 Å². The molecule has 5 aromatic rings. The number of hydrogen-bond acceptors (Lipinski definition) is 6. The molecule has 6 rings (SSSR count). The number of aromatic amines is 1. The maximum absolute atomic E-state index is 13.6. The summed E-state index contributed by atoms with van der Waals surface area (Å²) in [4.78, 5) is 21.3. The lowest BCUT2D eigenvalue weighted by atomic mass is 10.0. The van der Waals surface area contributed by atoms with Crippen LogP contribution in [0, 0.1) is 0 Å². The number of fused-ring (bicyclic) bond motifs is 1. The van der Waals surface area contributed by atoms with Gasteiger partial charge in [-0.3, -0.25) is 9.69 Å². The van der Waals surface area contributed by atoms with Crippen LogP contribution in [0.3, 0.4) is 0 Å². The summed E-state index contributed by atoms with van der Waals surface area (Å²) < 4.78 is 1.81. The molecule has 0 spiro atoms. The Morgan fingerprint density at radius 3 is 2.51 bits per heavy atom. The Hall–Kier alpha value is -4.01. The lowest BCUT2D eigenvalue weighted by Crippen LogP contribution is -2.49. The van der Waals surface area contributed by atoms with Crippen LogP contribution in [0.2, 0.25) is 5.02 Å². The predicted octanol–water partition coefficient (Wildman–Crippen LogP) is 4.69. The van der Waals surface area contributed by atoms with Crippen LogP contribution in [-0.4, -0.2) is 56.3 Å². The zero-order valence-electron chi connectivity index (χ0n) is 21.8. The molecule has 1 saturated heterocycles. The smallest absolute Gasteiger partial charge is 0.253 e. The van der Waals surface area contributed by atoms with Crippen LogP contribution < -0.4 is 10.5 Å². The summed E-state index contributed by atoms with van der Waals surface area (Å²) in [6.45, 7) is 5.72. The first kappa shape index (κ1) is 25.3. The van der Waals surface area contributed by atoms with E-state index in [1.165, 1.54) is 5.56 Å². The lowest BCUT2D eigenvalue weighted by molar-refractivity contribution is 0.200. The highest BCUT2D eigenvalue weighted by atomic mass is 35.5. The number of aryl methyl sites for hydroxylation is 1. The second-order valence-electron chi connectivity index (χ2n) is 9.91. The first-order valence-corrected chi connectivity index (χ1v) is 13.7. The van der Waals surface area contributed by atoms with Crippen molar-refractivity contribution in [2.45, 2.75) is 25.9 Å². The maximum atomic E-state index is 13.6. The van der Waals surface area contributed by atoms with Gasteiger partial charge in [0, 0.05) is 48.0 Å². The van der Waals surface area contributed by atoms with Crippen molar-refractivity contribution in [1.29, 1.82) is 0 Å². The van der Waals surface area contributed by atoms with Gasteiger partial charge in [-0.05, 0) is 69.8 Å². The number of nitrogens with one attached hydrogen (secondary N) is 1. The third-order valence-corrected chi connectivity index (χ3v) is 7.71. The second-order valence-corrected chi connectivity index (χ2v) is 10.4. The van der Waals surface area contributed by atoms with Crippen LogP contribution in [-0.2, 0) is 13.0 Å². The van der Waals surface area contributed by atoms with Crippen molar-refractivity contribution < 1.29 is 0 Å². The van der Waals surface area contributed by atoms with Gasteiger partial charge in [0.25, 0.3) is 5.56 Å². The van der Waals surface area contributed by atoms with Crippen LogP contribution in [0.15, 0.2) is 83.7 Å². The van der Waals surface area contributed by atoms with Crippen molar-refractivity contribution in [2.24, 2.45) is 0 Å². The van der Waals surface area contributed by atoms with Crippen molar-refractivity contribution in [3.05, 3.63) is 117 Å². The van der Waals surface area contributed by atoms with Crippen molar-refractivity contribution in [1.82, 2.24) is 30.1 Å². The van der Waals surface area contributed by atoms with E-state index in [1.807, 2.05) is 53.2 Å². The number of benzene rings is 3. The lowest BCUT2D eigenvalue weighted by Gasteiger charge is -2.39. The molecule has 198 valence electrons. The van der Waals surface area contributed by atoms with E-state index < -0.39 is 6.04 Å². The van der Waals surface area contributed by atoms with E-state index in [2.05, 4.69) is 67.6 Å². The molecule has 1 aliphatic heterocycles. The molecule has 39 heavy (non-hydrogen) atoms. The van der Waals surface area contributed by atoms with E-state index >= 15 is 0 Å². The highest BCUT2D eigenvalue weighted by molar-refractivity contribution is 6.30. The molecule has 3 aromatic carbocycles. The summed E-state index contributed by atoms with van der Waals surface area (Å²) >= 11 is 6.26. The largest absolute Gasteiger partial charge is 0.369 e. The molecule has 1 atom stereocenters. The van der Waals surface area contributed by atoms with E-state index in [1.54, 1.807) is 0 Å². The summed E-state index contributed by atoms with van der Waals surface area (Å²) in [5.74, 6) is 0.659. The highest BCUT2D eigenvalue weighted by Gasteiger charge is 2.33. The number of H-pyrrole nitrogens is 1. The summed E-state index contributed by atoms with van der Waals surface area (Å²) in [7, 11) is 0. The van der Waals surface area contributed by atoms with Gasteiger partial charge in [-0.2, -0.15) is 0 Å². The number of rotatable bonds is 7. The molecule has 9 heteroatoms. The molecule has 0 radical (unpaired) electrons. The average Bonchev–Trinajstić information content (AvgIpc) is 3.41. The van der Waals surface area contributed by atoms with Gasteiger partial charge in [0.05, 0.1) is 6.54 Å². The van der Waals surface area contributed by atoms with Crippen molar-refractivity contribution >= 4 is 28.2 Å². The summed E-state index contributed by atoms with van der Waals surface area (Å²) in [5.41, 5.74) is 4.77. The first-order chi connectivity index (χ1) is 19.1. The number of nitrogens with zero attached hydrogens (tertiary/aromatic N) is 6. The molecule has 0 unspecified atom stereocenters. The third kappa shape index (κ3) is 5.30. The SMILES string of the molecule is CCc1ccc2[nH]c(=O)c([C@@H](c3nnnn3Cc3ccccc3)N3CCN(c4cccc(Cl)c4)CC3)cc2c1. The number of anilines is 1. The minimum atomic E-state index is -0.399. The number of halogens is 1. The molecule has 8 nitrogen and oxygen atoms in total. The van der Waals surface area contributed by atoms with Gasteiger partial charge in [0.1, 0.15) is 6.04 Å². The highest BCUT2D eigenvalue weighted by Crippen LogP contribution is 2.30. The number of aromatic nitrogens is 5. The van der Waals surface area contributed by atoms with Crippen LogP contribution in [0.1, 0.15) is 35.5 Å². The second kappa shape index (κ2) is 11.0. The normalized spacial score (nSPS) is 15.1. The number of hydrogen-bond donors (Lipinski definition) is 1. The molecular formula is C30H30ClN7O. The Morgan fingerprint density at radius 2 is 1.74 bits per heavy atom. The Balaban J connectivity index is 1.39. The summed E-state index contributed by atoms with van der Waals surface area (Å²) in [6.07, 6.45) is 0.925. The molecule has 1 fully saturated rings. The molecule has 1 N–H and O–H groups in total. The standard InChI is InChI=1S/C30H30ClN7O/c1-2-21-11-12-27-23(17-21)18-26(30(39)32-27)28(29-33-34-35-38(29)20-22-7-4-3-5-8-22)37-15-13-36(14-16-37)25-10-6-9-24(31)19-25/h3-12,17-19,28H,2,13-16,20H2,1H3,(H,32,39)/t28-/m0/s1. The Morgan fingerprint density at radius 1 is 0.923 bits per heavy atom. The van der Waals surface area contributed by atoms with Gasteiger partial charge in [0.2, 0.25) is 0 Å². The van der Waals surface area contributed by atoms with Gasteiger partial charge >= 0.3 is 0 Å². The van der Waals surface area contributed by atoms with Gasteiger partial charge in [-0.1, -0.05) is 61.0 Å². The molecule has 0 amide bonds. The van der Waals surface area contributed by atoms with Crippen LogP contribution in [0.4, 0.5) is 5.69 Å². The zero-order valence-corrected chi connectivity index (χ0v) is 22.6. The first-order valence-electron chi connectivity index (χ1n) is 13.3. The monoisotopic (exact) mass is 539 g/mol. The van der Waals surface area contributed by atoms with Crippen molar-refractivity contribution in [3.63, 3.8) is 0 Å². The van der Waals surface area contributed by atoms with E-state index in [0.717, 1.165) is 59.8 Å². The minimum absolute atomic E-state index is 0.122. The Bertz CT molecular complexity index is 1640. The quantitative estimate of drug-likeness (QED) is 0.323. The van der Waals surface area contributed by atoms with Gasteiger partial charge < -0.3 is 9.88 Å². The van der Waals surface area contributed by atoms with E-state index in [9.17, 15) is 4.79 Å². The Kier molecular flexibility index (Phi) is 7.13. The molecule has 0 bridgehead atoms. The molecular weight excluding hydrogens is 510 g/mol. The predicted molar refractivity (Wildman–Crippen MR) is 154 cm³/mol. The van der Waals surface area contributed by atoms with Crippen molar-refractivity contribution in [3.8, 4) is 0 Å². The minimum Gasteiger partial charge on any atom is -0.369 e. The Labute approximate surface area is 231 Å². The van der Waals surface area contributed by atoms with Crippen LogP contribution >= 0.6 is 11.6 Å². The molecule has 1 aliphatic rings. The molecule has 2 aromatic heterocycles. The summed E-state index contributed by atoms with van der Waals surface area (Å²) in [6, 6.07) is 25.9. The summed E-state index contributed by atoms with van der Waals surface area (Å²) in [5, 5.41) is 14.6. The van der Waals surface area contributed by atoms with Gasteiger partial charge in [0.15, 0.2) is 5.82 Å². The number of tetrazole rings is 1. The van der Waals surface area contributed by atoms with Crippen molar-refractivity contribution in [2.75, 3.05) is 31.1 Å². The van der Waals surface area contributed by atoms with Gasteiger partial charge in [-0.25, -0.2) is 4.68 Å². The molecule has 3 heterocycles. The topological polar surface area (TPSA) is 82.9 Å². The fourth-order valence-electron chi connectivity index (χ4n) is 5.38. The molecule has 0 aliphatic carbocycles. The number of pyridine rings is 1. The van der Waals surface area contributed by atoms with Gasteiger partial charge in [-0.15, -0.1) is 5.10 Å². The van der Waals surface area contributed by atoms with E-state index in [0.29, 0.717) is 17.9 Å². The van der Waals surface area contributed by atoms with E-state index in [4.69, 9.17) is 11.6 Å². The number of piperazine rings is 1.